The van der Waals surface area contributed by atoms with Gasteiger partial charge in [-0.2, -0.15) is 0 Å². The first-order valence-corrected chi connectivity index (χ1v) is 5.68. The van der Waals surface area contributed by atoms with Crippen molar-refractivity contribution >= 4 is 12.1 Å². The van der Waals surface area contributed by atoms with Gasteiger partial charge < -0.3 is 19.9 Å². The predicted octanol–water partition coefficient (Wildman–Crippen LogP) is 1.56. The van der Waals surface area contributed by atoms with Gasteiger partial charge in [0.15, 0.2) is 6.10 Å². The second-order valence-corrected chi connectivity index (χ2v) is 4.66. The van der Waals surface area contributed by atoms with E-state index in [-0.39, 0.29) is 19.6 Å². The average molecular weight is 259 g/mol. The van der Waals surface area contributed by atoms with Crippen LogP contribution in [0.3, 0.4) is 0 Å². The molecule has 0 saturated carbocycles. The minimum atomic E-state index is -1.05. The smallest absolute Gasteiger partial charge is 0.407 e. The Morgan fingerprint density at radius 1 is 1.44 bits per heavy atom. The first kappa shape index (κ1) is 16.4. The molecule has 0 bridgehead atoms. The van der Waals surface area contributed by atoms with E-state index in [1.54, 1.807) is 20.8 Å². The highest BCUT2D eigenvalue weighted by molar-refractivity contribution is 5.72. The zero-order chi connectivity index (χ0) is 14.2. The van der Waals surface area contributed by atoms with Crippen LogP contribution < -0.4 is 5.32 Å². The maximum absolute atomic E-state index is 11.1. The van der Waals surface area contributed by atoms with E-state index in [2.05, 4.69) is 16.6 Å². The predicted molar refractivity (Wildman–Crippen MR) is 66.4 cm³/mol. The molecule has 104 valence electrons. The van der Waals surface area contributed by atoms with Crippen LogP contribution in [0.15, 0.2) is 12.7 Å². The third kappa shape index (κ3) is 8.58. The number of amides is 1. The van der Waals surface area contributed by atoms with Gasteiger partial charge in [0, 0.05) is 13.0 Å². The molecule has 1 atom stereocenters. The molecule has 0 radical (unpaired) electrons. The highest BCUT2D eigenvalue weighted by Gasteiger charge is 2.24. The van der Waals surface area contributed by atoms with Gasteiger partial charge in [0.2, 0.25) is 0 Å². The Kier molecular flexibility index (Phi) is 7.04. The number of nitrogens with one attached hydrogen (secondary N) is 1. The largest absolute Gasteiger partial charge is 0.479 e. The van der Waals surface area contributed by atoms with E-state index in [0.717, 1.165) is 0 Å². The zero-order valence-corrected chi connectivity index (χ0v) is 11.1. The van der Waals surface area contributed by atoms with Crippen molar-refractivity contribution in [2.45, 2.75) is 38.9 Å². The van der Waals surface area contributed by atoms with Gasteiger partial charge in [-0.1, -0.05) is 12.7 Å². The van der Waals surface area contributed by atoms with Gasteiger partial charge in [0.1, 0.15) is 6.61 Å². The summed E-state index contributed by atoms with van der Waals surface area (Å²) in [5.41, 5.74) is -0.549. The van der Waals surface area contributed by atoms with Gasteiger partial charge in [0.25, 0.3) is 0 Å². The van der Waals surface area contributed by atoms with E-state index < -0.39 is 23.8 Å². The van der Waals surface area contributed by atoms with Crippen LogP contribution in [0, 0.1) is 0 Å². The maximum atomic E-state index is 11.1. The van der Waals surface area contributed by atoms with Crippen molar-refractivity contribution in [3.8, 4) is 0 Å². The topological polar surface area (TPSA) is 84.9 Å². The SMILES string of the molecule is C=CCOC(=O)NCC[C@@H](OC(C)(C)C)C(=O)O. The molecule has 18 heavy (non-hydrogen) atoms. The molecule has 0 heterocycles. The molecule has 0 aromatic heterocycles. The molecule has 0 rings (SSSR count). The van der Waals surface area contributed by atoms with Crippen molar-refractivity contribution < 1.29 is 24.2 Å². The lowest BCUT2D eigenvalue weighted by Crippen LogP contribution is -2.36. The van der Waals surface area contributed by atoms with E-state index in [0.29, 0.717) is 0 Å². The lowest BCUT2D eigenvalue weighted by molar-refractivity contribution is -0.160. The van der Waals surface area contributed by atoms with Crippen LogP contribution in [0.4, 0.5) is 4.79 Å². The van der Waals surface area contributed by atoms with Gasteiger partial charge in [-0.3, -0.25) is 0 Å². The molecular formula is C12H21NO5. The molecule has 6 nitrogen and oxygen atoms in total. The summed E-state index contributed by atoms with van der Waals surface area (Å²) in [6, 6.07) is 0. The molecule has 0 unspecified atom stereocenters. The third-order valence-electron chi connectivity index (χ3n) is 1.78. The zero-order valence-electron chi connectivity index (χ0n) is 11.1. The normalized spacial score (nSPS) is 12.6. The fraction of sp³-hybridized carbons (Fsp3) is 0.667. The van der Waals surface area contributed by atoms with Crippen LogP contribution in [0.1, 0.15) is 27.2 Å². The van der Waals surface area contributed by atoms with Gasteiger partial charge in [-0.15, -0.1) is 0 Å². The highest BCUT2D eigenvalue weighted by atomic mass is 16.5. The van der Waals surface area contributed by atoms with E-state index in [1.165, 1.54) is 6.08 Å². The number of ether oxygens (including phenoxy) is 2. The van der Waals surface area contributed by atoms with E-state index in [9.17, 15) is 9.59 Å². The van der Waals surface area contributed by atoms with Crippen molar-refractivity contribution in [1.29, 1.82) is 0 Å². The highest BCUT2D eigenvalue weighted by Crippen LogP contribution is 2.13. The molecule has 0 saturated heterocycles. The van der Waals surface area contributed by atoms with Crippen LogP contribution in [-0.2, 0) is 14.3 Å². The Balaban J connectivity index is 4.02. The standard InChI is InChI=1S/C12H21NO5/c1-5-8-17-11(16)13-7-6-9(10(14)15)18-12(2,3)4/h5,9H,1,6-8H2,2-4H3,(H,13,16)(H,14,15)/t9-/m1/s1. The Bertz CT molecular complexity index is 295. The van der Waals surface area contributed by atoms with E-state index in [4.69, 9.17) is 9.84 Å². The number of alkyl carbamates (subject to hydrolysis) is 1. The molecular weight excluding hydrogens is 238 g/mol. The summed E-state index contributed by atoms with van der Waals surface area (Å²) in [6.45, 7) is 9.01. The maximum Gasteiger partial charge on any atom is 0.407 e. The van der Waals surface area contributed by atoms with Crippen LogP contribution >= 0.6 is 0 Å². The summed E-state index contributed by atoms with van der Waals surface area (Å²) in [6.07, 6.45) is 0.0671. The molecule has 6 heteroatoms. The molecule has 0 aliphatic rings. The van der Waals surface area contributed by atoms with Gasteiger partial charge in [0.05, 0.1) is 5.60 Å². The molecule has 0 aliphatic heterocycles. The van der Waals surface area contributed by atoms with Crippen LogP contribution in [-0.4, -0.2) is 42.0 Å². The van der Waals surface area contributed by atoms with Gasteiger partial charge in [-0.05, 0) is 20.8 Å². The molecule has 2 N–H and O–H groups in total. The van der Waals surface area contributed by atoms with Crippen LogP contribution in [0.5, 0.6) is 0 Å². The number of carbonyl (C=O) groups excluding carboxylic acids is 1. The summed E-state index contributed by atoms with van der Waals surface area (Å²) in [4.78, 5) is 22.0. The van der Waals surface area contributed by atoms with Crippen molar-refractivity contribution in [2.24, 2.45) is 0 Å². The van der Waals surface area contributed by atoms with Crippen molar-refractivity contribution in [1.82, 2.24) is 5.32 Å². The van der Waals surface area contributed by atoms with Gasteiger partial charge in [-0.25, -0.2) is 9.59 Å². The summed E-state index contributed by atoms with van der Waals surface area (Å²) < 4.78 is 10.0. The van der Waals surface area contributed by atoms with Crippen molar-refractivity contribution in [2.75, 3.05) is 13.2 Å². The average Bonchev–Trinajstić information content (AvgIpc) is 2.23. The summed E-state index contributed by atoms with van der Waals surface area (Å²) >= 11 is 0. The van der Waals surface area contributed by atoms with Crippen LogP contribution in [0.2, 0.25) is 0 Å². The monoisotopic (exact) mass is 259 g/mol. The molecule has 1 amide bonds. The molecule has 0 aromatic carbocycles. The fourth-order valence-corrected chi connectivity index (χ4v) is 1.15. The lowest BCUT2D eigenvalue weighted by Gasteiger charge is -2.24. The summed E-state index contributed by atoms with van der Waals surface area (Å²) in [5, 5.41) is 11.4. The third-order valence-corrected chi connectivity index (χ3v) is 1.78. The first-order chi connectivity index (χ1) is 8.26. The van der Waals surface area contributed by atoms with Gasteiger partial charge >= 0.3 is 12.1 Å². The number of carboxylic acid groups (broad SMARTS) is 1. The van der Waals surface area contributed by atoms with Crippen LogP contribution in [0.25, 0.3) is 0 Å². The Morgan fingerprint density at radius 3 is 2.50 bits per heavy atom. The number of carboxylic acids is 1. The minimum Gasteiger partial charge on any atom is -0.479 e. The molecule has 0 spiro atoms. The lowest BCUT2D eigenvalue weighted by atomic mass is 10.1. The Labute approximate surface area is 107 Å². The second kappa shape index (κ2) is 7.71. The minimum absolute atomic E-state index is 0.118. The number of rotatable bonds is 7. The summed E-state index contributed by atoms with van der Waals surface area (Å²) in [7, 11) is 0. The number of hydrogen-bond acceptors (Lipinski definition) is 4. The molecule has 0 fully saturated rings. The fourth-order valence-electron chi connectivity index (χ4n) is 1.15. The number of aliphatic carboxylic acids is 1. The number of hydrogen-bond donors (Lipinski definition) is 2. The molecule has 0 aliphatic carbocycles. The first-order valence-electron chi connectivity index (χ1n) is 5.68. The second-order valence-electron chi connectivity index (χ2n) is 4.66. The molecule has 0 aromatic rings. The Hall–Kier alpha value is -1.56. The van der Waals surface area contributed by atoms with Crippen molar-refractivity contribution in [3.05, 3.63) is 12.7 Å². The number of carbonyl (C=O) groups is 2. The quantitative estimate of drug-likeness (QED) is 0.678. The summed E-state index contributed by atoms with van der Waals surface area (Å²) in [5.74, 6) is -1.05. The van der Waals surface area contributed by atoms with E-state index >= 15 is 0 Å². The van der Waals surface area contributed by atoms with E-state index in [1.807, 2.05) is 0 Å². The Morgan fingerprint density at radius 2 is 2.06 bits per heavy atom. The van der Waals surface area contributed by atoms with Crippen molar-refractivity contribution in [3.63, 3.8) is 0 Å².